The Morgan fingerprint density at radius 1 is 1.23 bits per heavy atom. The Hall–Kier alpha value is -2.54. The summed E-state index contributed by atoms with van der Waals surface area (Å²) in [4.78, 5) is 62.3. The molecule has 0 spiro atoms. The second-order valence-electron chi connectivity index (χ2n) is 6.61. The number of imide groups is 1. The van der Waals surface area contributed by atoms with Crippen LogP contribution in [-0.4, -0.2) is 59.2 Å². The first-order valence-corrected chi connectivity index (χ1v) is 15.4. The predicted octanol–water partition coefficient (Wildman–Crippen LogP) is -1.60. The molecule has 2 rings (SSSR count). The summed E-state index contributed by atoms with van der Waals surface area (Å²) in [5.41, 5.74) is -0.144. The number of nitrogens with zero attached hydrogens (tertiary/aromatic N) is 4. The SMILES string of the molecule is COC(CNC(=O)NC(=O)CCC(=O)O)[CH2][Hg][n]1cnc2c1c(=O)n(C)c(=O)n2C. The number of ether oxygens (including phenoxy) is 1. The Kier molecular flexibility index (Phi) is 8.29. The molecule has 0 saturated heterocycles. The van der Waals surface area contributed by atoms with Crippen molar-refractivity contribution in [1.82, 2.24) is 27.1 Å². The minimum absolute atomic E-state index is 0.137. The van der Waals surface area contributed by atoms with Gasteiger partial charge in [0.05, 0.1) is 0 Å². The van der Waals surface area contributed by atoms with Gasteiger partial charge in [0.2, 0.25) is 0 Å². The zero-order valence-corrected chi connectivity index (χ0v) is 22.4. The number of rotatable bonds is 9. The van der Waals surface area contributed by atoms with Gasteiger partial charge in [-0.1, -0.05) is 0 Å². The number of hydrogen-bond acceptors (Lipinski definition) is 7. The molecule has 2 aromatic heterocycles. The summed E-state index contributed by atoms with van der Waals surface area (Å²) in [6, 6.07) is -0.735. The van der Waals surface area contributed by atoms with Gasteiger partial charge in [-0.15, -0.1) is 0 Å². The van der Waals surface area contributed by atoms with Crippen LogP contribution in [0.2, 0.25) is 3.93 Å². The normalized spacial score (nSPS) is 11.7. The van der Waals surface area contributed by atoms with Gasteiger partial charge in [0.1, 0.15) is 0 Å². The van der Waals surface area contributed by atoms with Crippen LogP contribution in [0.3, 0.4) is 0 Å². The van der Waals surface area contributed by atoms with E-state index in [2.05, 4.69) is 15.6 Å². The number of amides is 3. The van der Waals surface area contributed by atoms with Crippen molar-refractivity contribution in [1.29, 1.82) is 0 Å². The van der Waals surface area contributed by atoms with Gasteiger partial charge in [-0.3, -0.25) is 0 Å². The van der Waals surface area contributed by atoms with Crippen LogP contribution >= 0.6 is 0 Å². The van der Waals surface area contributed by atoms with Crippen molar-refractivity contribution in [2.75, 3.05) is 13.7 Å². The Bertz CT molecular complexity index is 1070. The minimum atomic E-state index is -1.97. The Labute approximate surface area is 182 Å². The molecule has 0 saturated carbocycles. The van der Waals surface area contributed by atoms with E-state index in [9.17, 15) is 24.0 Å². The first-order valence-electron chi connectivity index (χ1n) is 9.08. The van der Waals surface area contributed by atoms with Gasteiger partial charge in [0.25, 0.3) is 0 Å². The van der Waals surface area contributed by atoms with Crippen molar-refractivity contribution in [3.8, 4) is 0 Å². The molecule has 3 amide bonds. The summed E-state index contributed by atoms with van der Waals surface area (Å²) >= 11 is -1.97. The molecule has 1 atom stereocenters. The summed E-state index contributed by atoms with van der Waals surface area (Å²) in [6.45, 7) is 0.137. The van der Waals surface area contributed by atoms with E-state index < -0.39 is 54.0 Å². The summed E-state index contributed by atoms with van der Waals surface area (Å²) in [7, 11) is 4.46. The van der Waals surface area contributed by atoms with Gasteiger partial charge in [-0.2, -0.15) is 0 Å². The van der Waals surface area contributed by atoms with E-state index in [0.717, 1.165) is 4.57 Å². The fourth-order valence-corrected chi connectivity index (χ4v) is 9.44. The molecule has 2 heterocycles. The van der Waals surface area contributed by atoms with Crippen molar-refractivity contribution in [2.45, 2.75) is 22.9 Å². The van der Waals surface area contributed by atoms with E-state index in [0.29, 0.717) is 15.1 Å². The molecule has 0 bridgehead atoms. The number of hydrogen-bond donors (Lipinski definition) is 3. The molecule has 14 heteroatoms. The zero-order chi connectivity index (χ0) is 22.4. The van der Waals surface area contributed by atoms with Crippen molar-refractivity contribution in [2.24, 2.45) is 14.1 Å². The number of carbonyl (C=O) groups excluding carboxylic acids is 2. The quantitative estimate of drug-likeness (QED) is 0.286. The van der Waals surface area contributed by atoms with Crippen LogP contribution in [0.25, 0.3) is 11.2 Å². The third kappa shape index (κ3) is 5.75. The maximum absolute atomic E-state index is 12.5. The number of carboxylic acid groups (broad SMARTS) is 1. The number of methoxy groups -OCH3 is 1. The number of urea groups is 1. The number of aryl methyl sites for hydroxylation is 1. The van der Waals surface area contributed by atoms with Crippen LogP contribution in [0, 0.1) is 0 Å². The molecule has 0 aliphatic carbocycles. The summed E-state index contributed by atoms with van der Waals surface area (Å²) in [5.74, 6) is -1.81. The third-order valence-electron chi connectivity index (χ3n) is 4.55. The van der Waals surface area contributed by atoms with Gasteiger partial charge in [-0.25, -0.2) is 0 Å². The second kappa shape index (κ2) is 10.5. The second-order valence-corrected chi connectivity index (χ2v) is 13.2. The molecule has 0 radical (unpaired) electrons. The fourth-order valence-electron chi connectivity index (χ4n) is 2.81. The van der Waals surface area contributed by atoms with Crippen LogP contribution in [-0.2, 0) is 53.3 Å². The molecular weight excluding hydrogens is 589 g/mol. The molecule has 2 aromatic rings. The number of fused-ring (bicyclic) bond motifs is 1. The summed E-state index contributed by atoms with van der Waals surface area (Å²) in [5, 5.41) is 13.1. The number of nitrogens with one attached hydrogen (secondary N) is 2. The number of aliphatic carboxylic acids is 1. The summed E-state index contributed by atoms with van der Waals surface area (Å²) < 4.78 is 10.2. The van der Waals surface area contributed by atoms with E-state index in [1.54, 1.807) is 13.4 Å². The maximum atomic E-state index is 12.5. The number of aromatic nitrogens is 4. The molecule has 0 aliphatic rings. The van der Waals surface area contributed by atoms with Crippen molar-refractivity contribution in [3.05, 3.63) is 27.2 Å². The van der Waals surface area contributed by atoms with Gasteiger partial charge in [0.15, 0.2) is 0 Å². The standard InChI is InChI=1S/C9H15N2O5.C7H8N4O2.Hg/c1-6(16-2)5-10-9(15)11-7(12)3-4-8(13)14;1-10-5-4(8-3-9-5)6(12)11(2)7(10)13;/h6H,1,3-5H2,2H3,(H,13,14)(H2,10,11,12,15);3H,1-2H3,(H,8,9,12);/q;;+1/p-1. The molecule has 3 N–H and O–H groups in total. The van der Waals surface area contributed by atoms with Crippen LogP contribution in [0.15, 0.2) is 15.9 Å². The molecule has 13 nitrogen and oxygen atoms in total. The first kappa shape index (κ1) is 23.7. The van der Waals surface area contributed by atoms with Crippen molar-refractivity contribution < 1.29 is 49.1 Å². The zero-order valence-electron chi connectivity index (χ0n) is 16.9. The van der Waals surface area contributed by atoms with Gasteiger partial charge >= 0.3 is 183 Å². The molecule has 160 valence electrons. The average molecular weight is 611 g/mol. The van der Waals surface area contributed by atoms with Crippen molar-refractivity contribution >= 4 is 29.1 Å². The van der Waals surface area contributed by atoms with Gasteiger partial charge in [-0.05, 0) is 0 Å². The van der Waals surface area contributed by atoms with Crippen LogP contribution in [0.4, 0.5) is 4.79 Å². The van der Waals surface area contributed by atoms with E-state index >= 15 is 0 Å². The van der Waals surface area contributed by atoms with Crippen LogP contribution < -0.4 is 21.9 Å². The first-order chi connectivity index (χ1) is 14.1. The predicted molar refractivity (Wildman–Crippen MR) is 99.6 cm³/mol. The van der Waals surface area contributed by atoms with E-state index in [1.165, 1.54) is 18.7 Å². The van der Waals surface area contributed by atoms with E-state index in [-0.39, 0.29) is 25.5 Å². The third-order valence-corrected chi connectivity index (χ3v) is 11.8. The molecule has 1 unspecified atom stereocenters. The molecular formula is C16H22HgN6O7. The number of carbonyl (C=O) groups is 3. The van der Waals surface area contributed by atoms with Gasteiger partial charge in [0, 0.05) is 0 Å². The molecule has 30 heavy (non-hydrogen) atoms. The molecule has 0 aliphatic heterocycles. The Morgan fingerprint density at radius 3 is 2.57 bits per heavy atom. The molecule has 0 fully saturated rings. The number of carboxylic acids is 1. The van der Waals surface area contributed by atoms with Crippen molar-refractivity contribution in [3.63, 3.8) is 0 Å². The fraction of sp³-hybridized carbons (Fsp3) is 0.500. The number of imidazole rings is 1. The van der Waals surface area contributed by atoms with Crippen LogP contribution in [0.1, 0.15) is 12.8 Å². The Morgan fingerprint density at radius 2 is 1.93 bits per heavy atom. The van der Waals surface area contributed by atoms with Crippen LogP contribution in [0.5, 0.6) is 0 Å². The van der Waals surface area contributed by atoms with E-state index in [4.69, 9.17) is 9.84 Å². The van der Waals surface area contributed by atoms with E-state index in [1.807, 2.05) is 2.33 Å². The monoisotopic (exact) mass is 612 g/mol. The van der Waals surface area contributed by atoms with Gasteiger partial charge < -0.3 is 0 Å². The molecule has 0 aromatic carbocycles. The average Bonchev–Trinajstić information content (AvgIpc) is 3.13. The Balaban J connectivity index is 1.96. The summed E-state index contributed by atoms with van der Waals surface area (Å²) in [6.07, 6.45) is 0.568. The topological polar surface area (TPSA) is 167 Å².